The molecule has 2 heterocycles. The maximum Gasteiger partial charge on any atom is 0.233 e. The van der Waals surface area contributed by atoms with Crippen molar-refractivity contribution in [2.24, 2.45) is 0 Å². The van der Waals surface area contributed by atoms with Gasteiger partial charge in [-0.2, -0.15) is 0 Å². The van der Waals surface area contributed by atoms with E-state index in [9.17, 15) is 4.79 Å². The van der Waals surface area contributed by atoms with Crippen LogP contribution in [0.15, 0.2) is 11.2 Å². The van der Waals surface area contributed by atoms with Gasteiger partial charge in [0.2, 0.25) is 5.91 Å². The molecule has 2 rings (SSSR count). The van der Waals surface area contributed by atoms with Gasteiger partial charge in [-0.15, -0.1) is 12.4 Å². The molecule has 0 bridgehead atoms. The van der Waals surface area contributed by atoms with Crippen LogP contribution in [-0.4, -0.2) is 52.7 Å². The molecule has 7 heteroatoms. The van der Waals surface area contributed by atoms with Gasteiger partial charge in [-0.3, -0.25) is 4.79 Å². The molecular weight excluding hydrogens is 308 g/mol. The van der Waals surface area contributed by atoms with Crippen LogP contribution in [0.4, 0.5) is 0 Å². The molecule has 0 saturated carbocycles. The summed E-state index contributed by atoms with van der Waals surface area (Å²) in [6, 6.07) is 2.28. The highest BCUT2D eigenvalue weighted by molar-refractivity contribution is 7.99. The Bertz CT molecular complexity index is 466. The summed E-state index contributed by atoms with van der Waals surface area (Å²) < 4.78 is 0. The summed E-state index contributed by atoms with van der Waals surface area (Å²) in [6.07, 6.45) is 2.19. The first-order chi connectivity index (χ1) is 9.60. The Labute approximate surface area is 136 Å². The van der Waals surface area contributed by atoms with Gasteiger partial charge in [0, 0.05) is 30.5 Å². The Balaban J connectivity index is 0.00000220. The minimum absolute atomic E-state index is 0. The number of halogens is 1. The topological polar surface area (TPSA) is 58.1 Å². The van der Waals surface area contributed by atoms with Gasteiger partial charge in [-0.1, -0.05) is 11.8 Å². The van der Waals surface area contributed by atoms with E-state index in [0.29, 0.717) is 17.0 Å². The van der Waals surface area contributed by atoms with Crippen molar-refractivity contribution in [2.75, 3.05) is 25.9 Å². The second-order valence-electron chi connectivity index (χ2n) is 5.16. The van der Waals surface area contributed by atoms with Crippen molar-refractivity contribution < 1.29 is 4.79 Å². The van der Waals surface area contributed by atoms with Gasteiger partial charge < -0.3 is 10.2 Å². The highest BCUT2D eigenvalue weighted by Gasteiger charge is 2.27. The molecular formula is C14H23ClN4OS. The summed E-state index contributed by atoms with van der Waals surface area (Å²) in [7, 11) is 1.93. The lowest BCUT2D eigenvalue weighted by atomic mass is 10.2. The van der Waals surface area contributed by atoms with Crippen molar-refractivity contribution in [1.82, 2.24) is 20.2 Å². The molecule has 1 aliphatic rings. The Morgan fingerprint density at radius 1 is 1.43 bits per heavy atom. The molecule has 1 aromatic heterocycles. The number of carbonyl (C=O) groups is 1. The maximum absolute atomic E-state index is 12.3. The first-order valence-corrected chi connectivity index (χ1v) is 7.98. The molecule has 1 unspecified atom stereocenters. The van der Waals surface area contributed by atoms with Crippen LogP contribution in [0.5, 0.6) is 0 Å². The number of likely N-dealkylation sites (N-methyl/N-ethyl adjacent to an activating group) is 1. The molecule has 0 aromatic carbocycles. The van der Waals surface area contributed by atoms with Gasteiger partial charge in [0.25, 0.3) is 0 Å². The quantitative estimate of drug-likeness (QED) is 0.659. The Hall–Kier alpha value is -0.850. The Kier molecular flexibility index (Phi) is 7.42. The van der Waals surface area contributed by atoms with Gasteiger partial charge >= 0.3 is 0 Å². The maximum atomic E-state index is 12.3. The van der Waals surface area contributed by atoms with E-state index in [-0.39, 0.29) is 18.3 Å². The Morgan fingerprint density at radius 3 is 2.71 bits per heavy atom. The molecule has 0 aliphatic carbocycles. The molecule has 1 saturated heterocycles. The minimum Gasteiger partial charge on any atom is -0.338 e. The zero-order chi connectivity index (χ0) is 14.5. The van der Waals surface area contributed by atoms with Gasteiger partial charge in [-0.05, 0) is 39.8 Å². The van der Waals surface area contributed by atoms with Crippen LogP contribution >= 0.6 is 24.2 Å². The highest BCUT2D eigenvalue weighted by atomic mass is 35.5. The van der Waals surface area contributed by atoms with Crippen LogP contribution in [0.25, 0.3) is 0 Å². The molecule has 118 valence electrons. The third-order valence-electron chi connectivity index (χ3n) is 3.42. The first-order valence-electron chi connectivity index (χ1n) is 6.99. The van der Waals surface area contributed by atoms with E-state index in [2.05, 4.69) is 15.3 Å². The molecule has 1 fully saturated rings. The van der Waals surface area contributed by atoms with Crippen LogP contribution < -0.4 is 5.32 Å². The molecule has 0 spiro atoms. The molecule has 0 radical (unpaired) electrons. The van der Waals surface area contributed by atoms with Gasteiger partial charge in [0.1, 0.15) is 0 Å². The zero-order valence-corrected chi connectivity index (χ0v) is 14.4. The number of hydrogen-bond donors (Lipinski definition) is 1. The zero-order valence-electron chi connectivity index (χ0n) is 12.8. The second-order valence-corrected chi connectivity index (χ2v) is 6.11. The van der Waals surface area contributed by atoms with E-state index in [1.807, 2.05) is 31.9 Å². The molecule has 1 atom stereocenters. The lowest BCUT2D eigenvalue weighted by molar-refractivity contribution is -0.129. The first kappa shape index (κ1) is 18.2. The monoisotopic (exact) mass is 330 g/mol. The van der Waals surface area contributed by atoms with E-state index in [1.54, 1.807) is 0 Å². The molecule has 5 nitrogen and oxygen atoms in total. The number of amides is 1. The van der Waals surface area contributed by atoms with Gasteiger partial charge in [0.05, 0.1) is 5.75 Å². The number of aryl methyl sites for hydroxylation is 2. The molecule has 1 aromatic rings. The normalized spacial score (nSPS) is 17.7. The average molecular weight is 331 g/mol. The number of nitrogens with zero attached hydrogens (tertiary/aromatic N) is 3. The van der Waals surface area contributed by atoms with E-state index in [4.69, 9.17) is 0 Å². The summed E-state index contributed by atoms with van der Waals surface area (Å²) in [5, 5.41) is 3.85. The number of hydrogen-bond acceptors (Lipinski definition) is 5. The van der Waals surface area contributed by atoms with E-state index < -0.39 is 0 Å². The molecule has 1 amide bonds. The van der Waals surface area contributed by atoms with E-state index in [0.717, 1.165) is 37.3 Å². The third kappa shape index (κ3) is 5.13. The summed E-state index contributed by atoms with van der Waals surface area (Å²) in [6.45, 7) is 5.64. The largest absolute Gasteiger partial charge is 0.338 e. The third-order valence-corrected chi connectivity index (χ3v) is 4.26. The summed E-state index contributed by atoms with van der Waals surface area (Å²) in [5.74, 6) is 0.610. The number of carbonyl (C=O) groups excluding carboxylic acids is 1. The predicted octanol–water partition coefficient (Wildman–Crippen LogP) is 1.82. The van der Waals surface area contributed by atoms with Gasteiger partial charge in [-0.25, -0.2) is 9.97 Å². The van der Waals surface area contributed by atoms with Crippen molar-refractivity contribution in [3.8, 4) is 0 Å². The van der Waals surface area contributed by atoms with Crippen LogP contribution in [0.3, 0.4) is 0 Å². The van der Waals surface area contributed by atoms with Crippen LogP contribution in [-0.2, 0) is 4.79 Å². The summed E-state index contributed by atoms with van der Waals surface area (Å²) >= 11 is 1.43. The van der Waals surface area contributed by atoms with E-state index in [1.165, 1.54) is 11.8 Å². The SMILES string of the molecule is CNCC1CCCN1C(=O)CSc1nc(C)cc(C)n1.Cl. The van der Waals surface area contributed by atoms with Crippen molar-refractivity contribution in [3.05, 3.63) is 17.5 Å². The van der Waals surface area contributed by atoms with Crippen molar-refractivity contribution >= 4 is 30.1 Å². The van der Waals surface area contributed by atoms with Crippen molar-refractivity contribution in [3.63, 3.8) is 0 Å². The minimum atomic E-state index is 0. The highest BCUT2D eigenvalue weighted by Crippen LogP contribution is 2.20. The number of likely N-dealkylation sites (tertiary alicyclic amines) is 1. The smallest absolute Gasteiger partial charge is 0.233 e. The average Bonchev–Trinajstić information content (AvgIpc) is 2.83. The van der Waals surface area contributed by atoms with E-state index >= 15 is 0 Å². The fourth-order valence-corrected chi connectivity index (χ4v) is 3.41. The molecule has 1 N–H and O–H groups in total. The standard InChI is InChI=1S/C14H22N4OS.ClH/c1-10-7-11(2)17-14(16-10)20-9-13(19)18-6-4-5-12(18)8-15-3;/h7,12,15H,4-6,8-9H2,1-3H3;1H. The summed E-state index contributed by atoms with van der Waals surface area (Å²) in [4.78, 5) is 23.0. The van der Waals surface area contributed by atoms with Crippen LogP contribution in [0.1, 0.15) is 24.2 Å². The lowest BCUT2D eigenvalue weighted by Crippen LogP contribution is -2.41. The fourth-order valence-electron chi connectivity index (χ4n) is 2.58. The van der Waals surface area contributed by atoms with Crippen molar-refractivity contribution in [1.29, 1.82) is 0 Å². The number of aromatic nitrogens is 2. The summed E-state index contributed by atoms with van der Waals surface area (Å²) in [5.41, 5.74) is 1.89. The number of thioether (sulfide) groups is 1. The van der Waals surface area contributed by atoms with Crippen molar-refractivity contribution in [2.45, 2.75) is 37.9 Å². The molecule has 21 heavy (non-hydrogen) atoms. The fraction of sp³-hybridized carbons (Fsp3) is 0.643. The predicted molar refractivity (Wildman–Crippen MR) is 88.1 cm³/mol. The molecule has 1 aliphatic heterocycles. The Morgan fingerprint density at radius 2 is 2.10 bits per heavy atom. The second kappa shape index (κ2) is 8.56. The number of nitrogens with one attached hydrogen (secondary N) is 1. The van der Waals surface area contributed by atoms with Crippen LogP contribution in [0.2, 0.25) is 0 Å². The number of rotatable bonds is 5. The van der Waals surface area contributed by atoms with Crippen LogP contribution in [0, 0.1) is 13.8 Å². The van der Waals surface area contributed by atoms with Gasteiger partial charge in [0.15, 0.2) is 5.16 Å². The lowest BCUT2D eigenvalue weighted by Gasteiger charge is -2.24.